The fourth-order valence-electron chi connectivity index (χ4n) is 1.97. The highest BCUT2D eigenvalue weighted by molar-refractivity contribution is 9.10. The quantitative estimate of drug-likeness (QED) is 0.842. The molecular formula is C15H15BrN2OS. The first-order chi connectivity index (χ1) is 9.38. The third-order valence-corrected chi connectivity index (χ3v) is 4.00. The minimum Gasteiger partial charge on any atom is -0.438 e. The van der Waals surface area contributed by atoms with Crippen LogP contribution >= 0.6 is 28.1 Å². The van der Waals surface area contributed by atoms with Gasteiger partial charge in [0.2, 0.25) is 5.88 Å². The van der Waals surface area contributed by atoms with Crippen molar-refractivity contribution in [2.75, 3.05) is 0 Å². The minimum absolute atomic E-state index is 0.291. The van der Waals surface area contributed by atoms with Crippen LogP contribution in [0.2, 0.25) is 0 Å². The summed E-state index contributed by atoms with van der Waals surface area (Å²) in [7, 11) is 0. The number of hydrogen-bond donors (Lipinski definition) is 1. The molecule has 0 spiro atoms. The number of rotatable bonds is 3. The van der Waals surface area contributed by atoms with E-state index in [1.165, 1.54) is 0 Å². The molecule has 5 heteroatoms. The van der Waals surface area contributed by atoms with E-state index in [4.69, 9.17) is 22.7 Å². The van der Waals surface area contributed by atoms with Gasteiger partial charge in [0.1, 0.15) is 10.7 Å². The third-order valence-electron chi connectivity index (χ3n) is 2.90. The Labute approximate surface area is 132 Å². The molecule has 0 bridgehead atoms. The largest absolute Gasteiger partial charge is 0.438 e. The standard InChI is InChI=1S/C15H15BrN2OS/c1-8-7-11(4-5-12(8)16)19-15-13(14(17)20)9(2)6-10(3)18-15/h4-7H,1-3H3,(H2,17,20). The average molecular weight is 351 g/mol. The molecule has 0 atom stereocenters. The number of ether oxygens (including phenoxy) is 1. The molecule has 0 radical (unpaired) electrons. The second-order valence-electron chi connectivity index (χ2n) is 4.64. The molecule has 104 valence electrons. The molecule has 1 heterocycles. The van der Waals surface area contributed by atoms with E-state index in [0.29, 0.717) is 22.2 Å². The maximum atomic E-state index is 5.87. The zero-order valence-electron chi connectivity index (χ0n) is 11.5. The van der Waals surface area contributed by atoms with Gasteiger partial charge in [-0.2, -0.15) is 0 Å². The number of benzene rings is 1. The zero-order valence-corrected chi connectivity index (χ0v) is 13.9. The van der Waals surface area contributed by atoms with Crippen molar-refractivity contribution in [3.8, 4) is 11.6 Å². The lowest BCUT2D eigenvalue weighted by atomic mass is 10.1. The van der Waals surface area contributed by atoms with Crippen molar-refractivity contribution in [1.82, 2.24) is 4.98 Å². The summed E-state index contributed by atoms with van der Waals surface area (Å²) in [6, 6.07) is 7.69. The van der Waals surface area contributed by atoms with Gasteiger partial charge in [-0.05, 0) is 56.2 Å². The van der Waals surface area contributed by atoms with Gasteiger partial charge in [0, 0.05) is 10.2 Å². The van der Waals surface area contributed by atoms with E-state index < -0.39 is 0 Å². The summed E-state index contributed by atoms with van der Waals surface area (Å²) >= 11 is 8.56. The van der Waals surface area contributed by atoms with Gasteiger partial charge in [0.25, 0.3) is 0 Å². The van der Waals surface area contributed by atoms with E-state index in [0.717, 1.165) is 21.3 Å². The van der Waals surface area contributed by atoms with Crippen LogP contribution in [0.4, 0.5) is 0 Å². The Morgan fingerprint density at radius 1 is 1.20 bits per heavy atom. The second kappa shape index (κ2) is 5.89. The van der Waals surface area contributed by atoms with Crippen LogP contribution in [0.15, 0.2) is 28.7 Å². The first kappa shape index (κ1) is 14.9. The molecule has 0 aliphatic rings. The van der Waals surface area contributed by atoms with Crippen molar-refractivity contribution >= 4 is 33.1 Å². The number of thiocarbonyl (C=S) groups is 1. The first-order valence-corrected chi connectivity index (χ1v) is 7.30. The molecule has 0 aliphatic heterocycles. The molecule has 0 amide bonds. The Bertz CT molecular complexity index is 686. The monoisotopic (exact) mass is 350 g/mol. The summed E-state index contributed by atoms with van der Waals surface area (Å²) in [4.78, 5) is 4.69. The fraction of sp³-hybridized carbons (Fsp3) is 0.200. The van der Waals surface area contributed by atoms with Crippen molar-refractivity contribution < 1.29 is 4.74 Å². The van der Waals surface area contributed by atoms with Gasteiger partial charge >= 0.3 is 0 Å². The predicted molar refractivity (Wildman–Crippen MR) is 88.6 cm³/mol. The van der Waals surface area contributed by atoms with Gasteiger partial charge in [0.15, 0.2) is 0 Å². The SMILES string of the molecule is Cc1cc(C)c(C(N)=S)c(Oc2ccc(Br)c(C)c2)n1. The summed E-state index contributed by atoms with van der Waals surface area (Å²) in [5, 5.41) is 0. The van der Waals surface area contributed by atoms with Crippen LogP contribution in [-0.2, 0) is 0 Å². The number of halogens is 1. The van der Waals surface area contributed by atoms with Crippen molar-refractivity contribution in [2.24, 2.45) is 5.73 Å². The van der Waals surface area contributed by atoms with Crippen molar-refractivity contribution in [1.29, 1.82) is 0 Å². The molecule has 1 aromatic carbocycles. The molecule has 2 aromatic rings. The van der Waals surface area contributed by atoms with E-state index in [2.05, 4.69) is 20.9 Å². The Kier molecular flexibility index (Phi) is 4.40. The van der Waals surface area contributed by atoms with E-state index in [1.54, 1.807) is 0 Å². The summed E-state index contributed by atoms with van der Waals surface area (Å²) in [5.41, 5.74) is 9.38. The van der Waals surface area contributed by atoms with E-state index in [9.17, 15) is 0 Å². The summed E-state index contributed by atoms with van der Waals surface area (Å²) in [6.45, 7) is 5.86. The average Bonchev–Trinajstić information content (AvgIpc) is 2.32. The van der Waals surface area contributed by atoms with Crippen molar-refractivity contribution in [2.45, 2.75) is 20.8 Å². The van der Waals surface area contributed by atoms with Crippen molar-refractivity contribution in [3.63, 3.8) is 0 Å². The lowest BCUT2D eigenvalue weighted by Gasteiger charge is -2.13. The van der Waals surface area contributed by atoms with Crippen LogP contribution in [0.5, 0.6) is 11.6 Å². The summed E-state index contributed by atoms with van der Waals surface area (Å²) in [5.74, 6) is 1.16. The number of hydrogen-bond acceptors (Lipinski definition) is 3. The Morgan fingerprint density at radius 3 is 2.50 bits per heavy atom. The summed E-state index contributed by atoms with van der Waals surface area (Å²) in [6.07, 6.45) is 0. The normalized spacial score (nSPS) is 10.4. The lowest BCUT2D eigenvalue weighted by Crippen LogP contribution is -2.14. The Hall–Kier alpha value is -1.46. The van der Waals surface area contributed by atoms with Gasteiger partial charge in [-0.25, -0.2) is 4.98 Å². The number of nitrogens with two attached hydrogens (primary N) is 1. The van der Waals surface area contributed by atoms with E-state index >= 15 is 0 Å². The molecular weight excluding hydrogens is 336 g/mol. The molecule has 0 aliphatic carbocycles. The molecule has 1 aromatic heterocycles. The highest BCUT2D eigenvalue weighted by Gasteiger charge is 2.14. The van der Waals surface area contributed by atoms with Crippen LogP contribution in [0.1, 0.15) is 22.4 Å². The zero-order chi connectivity index (χ0) is 14.9. The van der Waals surface area contributed by atoms with E-state index in [1.807, 2.05) is 45.0 Å². The number of aromatic nitrogens is 1. The fourth-order valence-corrected chi connectivity index (χ4v) is 2.46. The van der Waals surface area contributed by atoms with Crippen molar-refractivity contribution in [3.05, 3.63) is 51.1 Å². The number of nitrogens with zero attached hydrogens (tertiary/aromatic N) is 1. The molecule has 0 saturated heterocycles. The third kappa shape index (κ3) is 3.16. The van der Waals surface area contributed by atoms with Gasteiger partial charge < -0.3 is 10.5 Å². The highest BCUT2D eigenvalue weighted by atomic mass is 79.9. The van der Waals surface area contributed by atoms with Crippen LogP contribution in [0, 0.1) is 20.8 Å². The van der Waals surface area contributed by atoms with Crippen LogP contribution in [0.25, 0.3) is 0 Å². The van der Waals surface area contributed by atoms with Crippen LogP contribution < -0.4 is 10.5 Å². The lowest BCUT2D eigenvalue weighted by molar-refractivity contribution is 0.459. The maximum Gasteiger partial charge on any atom is 0.229 e. The molecule has 0 saturated carbocycles. The molecule has 0 fully saturated rings. The van der Waals surface area contributed by atoms with Gasteiger partial charge in [0.05, 0.1) is 5.56 Å². The molecule has 2 N–H and O–H groups in total. The Morgan fingerprint density at radius 2 is 1.90 bits per heavy atom. The first-order valence-electron chi connectivity index (χ1n) is 6.10. The predicted octanol–water partition coefficient (Wildman–Crippen LogP) is 4.20. The summed E-state index contributed by atoms with van der Waals surface area (Å²) < 4.78 is 6.90. The maximum absolute atomic E-state index is 5.87. The smallest absolute Gasteiger partial charge is 0.229 e. The topological polar surface area (TPSA) is 48.1 Å². The van der Waals surface area contributed by atoms with E-state index in [-0.39, 0.29) is 0 Å². The number of pyridine rings is 1. The second-order valence-corrected chi connectivity index (χ2v) is 5.93. The Balaban J connectivity index is 2.47. The highest BCUT2D eigenvalue weighted by Crippen LogP contribution is 2.29. The van der Waals surface area contributed by atoms with Crippen LogP contribution in [0.3, 0.4) is 0 Å². The molecule has 2 rings (SSSR count). The minimum atomic E-state index is 0.291. The van der Waals surface area contributed by atoms with Gasteiger partial charge in [-0.3, -0.25) is 0 Å². The molecule has 3 nitrogen and oxygen atoms in total. The van der Waals surface area contributed by atoms with Gasteiger partial charge in [-0.15, -0.1) is 0 Å². The number of aryl methyl sites for hydroxylation is 3. The van der Waals surface area contributed by atoms with Crippen LogP contribution in [-0.4, -0.2) is 9.97 Å². The molecule has 20 heavy (non-hydrogen) atoms. The molecule has 0 unspecified atom stereocenters. The van der Waals surface area contributed by atoms with Gasteiger partial charge in [-0.1, -0.05) is 28.1 Å².